The van der Waals surface area contributed by atoms with Crippen molar-refractivity contribution in [2.75, 3.05) is 5.32 Å². The Morgan fingerprint density at radius 1 is 1.12 bits per heavy atom. The summed E-state index contributed by atoms with van der Waals surface area (Å²) in [4.78, 5) is 15.9. The molecule has 0 fully saturated rings. The summed E-state index contributed by atoms with van der Waals surface area (Å²) in [5, 5.41) is 2.44. The van der Waals surface area contributed by atoms with Gasteiger partial charge in [0, 0.05) is 0 Å². The summed E-state index contributed by atoms with van der Waals surface area (Å²) in [5.74, 6) is -0.864. The zero-order chi connectivity index (χ0) is 17.3. The zero-order valence-electron chi connectivity index (χ0n) is 12.1. The molecule has 2 heterocycles. The van der Waals surface area contributed by atoms with Crippen LogP contribution in [0.25, 0.3) is 5.65 Å². The van der Waals surface area contributed by atoms with Gasteiger partial charge in [-0.15, -0.1) is 0 Å². The lowest BCUT2D eigenvalue weighted by Crippen LogP contribution is -2.14. The molecule has 0 saturated carbocycles. The number of pyridine rings is 1. The number of halogens is 4. The first-order chi connectivity index (χ1) is 11.3. The number of rotatable bonds is 3. The number of alkyl halides is 3. The molecule has 124 valence electrons. The molecule has 0 saturated heterocycles. The lowest BCUT2D eigenvalue weighted by atomic mass is 10.1. The molecular formula is C16H11F4N3O. The molecule has 3 aromatic rings. The second-order valence-corrected chi connectivity index (χ2v) is 5.11. The SMILES string of the molecule is O=C(Cc1ccc(F)cc1)Nc1cn2c(C(F)(F)F)cccc2n1. The second kappa shape index (κ2) is 5.95. The van der Waals surface area contributed by atoms with Crippen molar-refractivity contribution in [3.8, 4) is 0 Å². The number of carbonyl (C=O) groups excluding carboxylic acids is 1. The van der Waals surface area contributed by atoms with Gasteiger partial charge in [-0.05, 0) is 29.8 Å². The molecule has 1 N–H and O–H groups in total. The van der Waals surface area contributed by atoms with Crippen LogP contribution in [0.1, 0.15) is 11.3 Å². The highest BCUT2D eigenvalue weighted by Gasteiger charge is 2.33. The number of nitrogens with zero attached hydrogens (tertiary/aromatic N) is 2. The quantitative estimate of drug-likeness (QED) is 0.741. The van der Waals surface area contributed by atoms with Gasteiger partial charge in [-0.2, -0.15) is 13.2 Å². The van der Waals surface area contributed by atoms with Crippen LogP contribution in [0.3, 0.4) is 0 Å². The predicted octanol–water partition coefficient (Wildman–Crippen LogP) is 3.67. The van der Waals surface area contributed by atoms with Gasteiger partial charge in [-0.1, -0.05) is 18.2 Å². The summed E-state index contributed by atoms with van der Waals surface area (Å²) in [6.07, 6.45) is -3.46. The van der Waals surface area contributed by atoms with Gasteiger partial charge < -0.3 is 5.32 Å². The fourth-order valence-corrected chi connectivity index (χ4v) is 2.28. The average Bonchev–Trinajstić information content (AvgIpc) is 2.90. The van der Waals surface area contributed by atoms with Gasteiger partial charge in [0.1, 0.15) is 17.2 Å². The number of nitrogens with one attached hydrogen (secondary N) is 1. The van der Waals surface area contributed by atoms with Crippen LogP contribution in [0, 0.1) is 5.82 Å². The molecule has 3 rings (SSSR count). The summed E-state index contributed by atoms with van der Waals surface area (Å²) in [6.45, 7) is 0. The molecule has 8 heteroatoms. The fourth-order valence-electron chi connectivity index (χ4n) is 2.28. The largest absolute Gasteiger partial charge is 0.431 e. The van der Waals surface area contributed by atoms with Crippen LogP contribution in [0.4, 0.5) is 23.4 Å². The Kier molecular flexibility index (Phi) is 3.96. The minimum Gasteiger partial charge on any atom is -0.309 e. The summed E-state index contributed by atoms with van der Waals surface area (Å²) in [5.41, 5.74) is -0.234. The van der Waals surface area contributed by atoms with E-state index in [9.17, 15) is 22.4 Å². The number of anilines is 1. The van der Waals surface area contributed by atoms with Crippen molar-refractivity contribution < 1.29 is 22.4 Å². The van der Waals surface area contributed by atoms with Crippen LogP contribution in [0.15, 0.2) is 48.7 Å². The number of amides is 1. The van der Waals surface area contributed by atoms with Crippen molar-refractivity contribution in [3.05, 3.63) is 65.7 Å². The average molecular weight is 337 g/mol. The highest BCUT2D eigenvalue weighted by Crippen LogP contribution is 2.30. The lowest BCUT2D eigenvalue weighted by Gasteiger charge is -2.08. The first kappa shape index (κ1) is 16.0. The number of imidazole rings is 1. The Balaban J connectivity index is 1.80. The standard InChI is InChI=1S/C16H11F4N3O/c17-11-6-4-10(5-7-11)8-15(24)22-13-9-23-12(16(18,19)20)2-1-3-14(23)21-13/h1-7,9H,8H2,(H,22,24). The molecule has 0 atom stereocenters. The second-order valence-electron chi connectivity index (χ2n) is 5.11. The van der Waals surface area contributed by atoms with Crippen molar-refractivity contribution in [2.24, 2.45) is 0 Å². The van der Waals surface area contributed by atoms with Crippen LogP contribution < -0.4 is 5.32 Å². The van der Waals surface area contributed by atoms with Gasteiger partial charge in [0.05, 0.1) is 12.6 Å². The van der Waals surface area contributed by atoms with Crippen molar-refractivity contribution >= 4 is 17.4 Å². The van der Waals surface area contributed by atoms with Gasteiger partial charge in [0.15, 0.2) is 5.82 Å². The molecule has 0 spiro atoms. The number of fused-ring (bicyclic) bond motifs is 1. The molecular weight excluding hydrogens is 326 g/mol. The summed E-state index contributed by atoms with van der Waals surface area (Å²) >= 11 is 0. The van der Waals surface area contributed by atoms with Crippen molar-refractivity contribution in [3.63, 3.8) is 0 Å². The van der Waals surface area contributed by atoms with E-state index in [2.05, 4.69) is 10.3 Å². The van der Waals surface area contributed by atoms with Gasteiger partial charge in [-0.3, -0.25) is 9.20 Å². The van der Waals surface area contributed by atoms with Crippen molar-refractivity contribution in [2.45, 2.75) is 12.6 Å². The third-order valence-electron chi connectivity index (χ3n) is 3.33. The smallest absolute Gasteiger partial charge is 0.309 e. The molecule has 0 aliphatic heterocycles. The molecule has 1 amide bonds. The van der Waals surface area contributed by atoms with E-state index in [-0.39, 0.29) is 17.9 Å². The maximum Gasteiger partial charge on any atom is 0.431 e. The molecule has 0 bridgehead atoms. The van der Waals surface area contributed by atoms with Crippen LogP contribution in [0.2, 0.25) is 0 Å². The molecule has 0 radical (unpaired) electrons. The van der Waals surface area contributed by atoms with Crippen molar-refractivity contribution in [1.29, 1.82) is 0 Å². The minimum absolute atomic E-state index is 0.0128. The van der Waals surface area contributed by atoms with E-state index in [1.807, 2.05) is 0 Å². The Morgan fingerprint density at radius 3 is 2.50 bits per heavy atom. The Bertz CT molecular complexity index is 884. The van der Waals surface area contributed by atoms with Gasteiger partial charge in [0.25, 0.3) is 0 Å². The number of aromatic nitrogens is 2. The first-order valence-corrected chi connectivity index (χ1v) is 6.92. The molecule has 1 aromatic carbocycles. The maximum atomic E-state index is 12.9. The zero-order valence-corrected chi connectivity index (χ0v) is 12.1. The summed E-state index contributed by atoms with van der Waals surface area (Å²) in [6, 6.07) is 8.95. The lowest BCUT2D eigenvalue weighted by molar-refractivity contribution is -0.142. The Labute approximate surface area is 133 Å². The maximum absolute atomic E-state index is 12.9. The highest BCUT2D eigenvalue weighted by atomic mass is 19.4. The van der Waals surface area contributed by atoms with Crippen molar-refractivity contribution in [1.82, 2.24) is 9.38 Å². The van der Waals surface area contributed by atoms with Crippen LogP contribution in [-0.4, -0.2) is 15.3 Å². The number of hydrogen-bond acceptors (Lipinski definition) is 2. The molecule has 0 unspecified atom stereocenters. The summed E-state index contributed by atoms with van der Waals surface area (Å²) in [7, 11) is 0. The van der Waals surface area contributed by atoms with Gasteiger partial charge in [-0.25, -0.2) is 9.37 Å². The highest BCUT2D eigenvalue weighted by molar-refractivity contribution is 5.91. The number of benzene rings is 1. The molecule has 24 heavy (non-hydrogen) atoms. The topological polar surface area (TPSA) is 46.4 Å². The third kappa shape index (κ3) is 3.37. The molecule has 0 aliphatic carbocycles. The summed E-state index contributed by atoms with van der Waals surface area (Å²) < 4.78 is 52.5. The van der Waals surface area contributed by atoms with Crippen LogP contribution in [-0.2, 0) is 17.4 Å². The molecule has 2 aromatic heterocycles. The first-order valence-electron chi connectivity index (χ1n) is 6.92. The monoisotopic (exact) mass is 337 g/mol. The van der Waals surface area contributed by atoms with E-state index in [0.29, 0.717) is 5.56 Å². The van der Waals surface area contributed by atoms with E-state index in [0.717, 1.165) is 16.7 Å². The van der Waals surface area contributed by atoms with Gasteiger partial charge >= 0.3 is 6.18 Å². The normalized spacial score (nSPS) is 11.7. The van der Waals surface area contributed by atoms with E-state index in [1.54, 1.807) is 0 Å². The Morgan fingerprint density at radius 2 is 1.83 bits per heavy atom. The molecule has 4 nitrogen and oxygen atoms in total. The third-order valence-corrected chi connectivity index (χ3v) is 3.33. The fraction of sp³-hybridized carbons (Fsp3) is 0.125. The Hall–Kier alpha value is -2.90. The minimum atomic E-state index is -4.53. The van der Waals surface area contributed by atoms with Crippen LogP contribution in [0.5, 0.6) is 0 Å². The van der Waals surface area contributed by atoms with E-state index < -0.39 is 23.6 Å². The van der Waals surface area contributed by atoms with E-state index in [1.165, 1.54) is 36.4 Å². The number of carbonyl (C=O) groups is 1. The predicted molar refractivity (Wildman–Crippen MR) is 78.9 cm³/mol. The van der Waals surface area contributed by atoms with E-state index in [4.69, 9.17) is 0 Å². The van der Waals surface area contributed by atoms with E-state index >= 15 is 0 Å². The van der Waals surface area contributed by atoms with Gasteiger partial charge in [0.2, 0.25) is 5.91 Å². The number of hydrogen-bond donors (Lipinski definition) is 1. The molecule has 0 aliphatic rings. The van der Waals surface area contributed by atoms with Crippen LogP contribution >= 0.6 is 0 Å².